The molecule has 1 aromatic heterocycles. The van der Waals surface area contributed by atoms with Crippen molar-refractivity contribution < 1.29 is 13.9 Å². The van der Waals surface area contributed by atoms with Crippen molar-refractivity contribution >= 4 is 210 Å². The van der Waals surface area contributed by atoms with E-state index < -0.39 is 83.0 Å². The summed E-state index contributed by atoms with van der Waals surface area (Å²) in [5.41, 5.74) is 9.85. The molecule has 4 aromatic carbocycles. The second kappa shape index (κ2) is 24.4. The number of benzene rings is 4. The zero-order valence-corrected chi connectivity index (χ0v) is 39.1. The third-order valence-electron chi connectivity index (χ3n) is 14.0. The molecule has 0 fully saturated rings. The Kier molecular flexibility index (Phi) is 19.8. The van der Waals surface area contributed by atoms with Crippen LogP contribution in [0, 0.1) is 5.82 Å². The molecular weight excluding hydrogens is 802 g/mol. The van der Waals surface area contributed by atoms with Crippen LogP contribution in [0.25, 0.3) is 10.9 Å². The minimum Gasteiger partial charge on any atom is -0.493 e. The molecule has 0 bridgehead atoms. The monoisotopic (exact) mass is 841 g/mol. The highest BCUT2D eigenvalue weighted by molar-refractivity contribution is 8.26. The van der Waals surface area contributed by atoms with Crippen LogP contribution in [-0.4, -0.2) is 223 Å². The highest BCUT2D eigenvalue weighted by Crippen LogP contribution is 2.49. The summed E-state index contributed by atoms with van der Waals surface area (Å²) in [6, 6.07) is 28.7. The molecule has 0 saturated heterocycles. The van der Waals surface area contributed by atoms with Crippen LogP contribution in [-0.2, 0) is 25.9 Å². The van der Waals surface area contributed by atoms with Crippen LogP contribution in [0.5, 0.6) is 11.5 Å². The van der Waals surface area contributed by atoms with Gasteiger partial charge in [0.15, 0.2) is 11.5 Å². The molecule has 0 aliphatic carbocycles. The number of aryl methyl sites for hydroxylation is 1. The van der Waals surface area contributed by atoms with Gasteiger partial charge >= 0.3 is 0 Å². The Labute approximate surface area is 430 Å². The molecule has 3 heterocycles. The number of fused-ring (bicyclic) bond motifs is 6. The van der Waals surface area contributed by atoms with E-state index in [2.05, 4.69) is 77.5 Å². The minimum absolute atomic E-state index is 0.0125. The van der Waals surface area contributed by atoms with Gasteiger partial charge in [-0.15, -0.1) is 0 Å². The van der Waals surface area contributed by atoms with Crippen molar-refractivity contribution in [2.24, 2.45) is 0 Å². The fraction of sp³-hybridized carbons (Fsp3) is 0.257. The second-order valence-electron chi connectivity index (χ2n) is 18.4. The largest absolute Gasteiger partial charge is 0.493 e. The number of aromatic nitrogens is 1. The fourth-order valence-electron chi connectivity index (χ4n) is 10.7. The molecule has 7 rings (SSSR count). The summed E-state index contributed by atoms with van der Waals surface area (Å²) in [4.78, 5) is 6.31. The highest BCUT2D eigenvalue weighted by atomic mass is 19.1. The summed E-state index contributed by atoms with van der Waals surface area (Å²) in [5.74, 6) is 1.33. The van der Waals surface area contributed by atoms with Gasteiger partial charge in [0.25, 0.3) is 0 Å². The number of ether oxygens (including phenoxy) is 2. The Balaban J connectivity index is 0.000000242. The van der Waals surface area contributed by atoms with Crippen molar-refractivity contribution in [2.45, 2.75) is 44.9 Å². The molecule has 68 heavy (non-hydrogen) atoms. The normalized spacial score (nSPS) is 14.6. The summed E-state index contributed by atoms with van der Waals surface area (Å²) in [6.07, 6.45) is -9.42. The summed E-state index contributed by atoms with van der Waals surface area (Å²) in [6.45, 7) is 3.55. The number of nitrogens with one attached hydrogen (secondary N) is 1. The van der Waals surface area contributed by atoms with Gasteiger partial charge in [0.05, 0.1) is 13.2 Å². The summed E-state index contributed by atoms with van der Waals surface area (Å²) in [7, 11) is 91.3. The molecule has 2 aliphatic heterocycles. The van der Waals surface area contributed by atoms with Gasteiger partial charge in [-0.2, -0.15) is 0 Å². The van der Waals surface area contributed by atoms with Gasteiger partial charge in [-0.1, -0.05) is 61.5 Å². The number of aromatic amines is 1. The number of methoxy groups -OCH3 is 1. The number of halogens is 1. The predicted octanol–water partition coefficient (Wildman–Crippen LogP) is -2.96. The van der Waals surface area contributed by atoms with Gasteiger partial charge < -0.3 is 14.5 Å². The number of hydrogen-bond acceptors (Lipinski definition) is 3. The predicted molar refractivity (Wildman–Crippen MR) is 318 cm³/mol. The van der Waals surface area contributed by atoms with Crippen LogP contribution in [0.4, 0.5) is 4.39 Å². The molecule has 5 aromatic rings. The molecule has 2 aliphatic rings. The van der Waals surface area contributed by atoms with E-state index in [1.807, 2.05) is 12.1 Å². The van der Waals surface area contributed by atoms with E-state index in [1.54, 1.807) is 19.2 Å². The lowest BCUT2D eigenvalue weighted by molar-refractivity contribution is 0.127. The molecule has 0 saturated carbocycles. The topological polar surface area (TPSA) is 37.5 Å². The lowest BCUT2D eigenvalue weighted by Crippen LogP contribution is -2.87. The van der Waals surface area contributed by atoms with Crippen LogP contribution < -0.4 is 9.47 Å². The van der Waals surface area contributed by atoms with Gasteiger partial charge in [-0.25, -0.2) is 4.39 Å². The highest BCUT2D eigenvalue weighted by Gasteiger charge is 2.51. The first kappa shape index (κ1) is 55.0. The Morgan fingerprint density at radius 2 is 1.18 bits per heavy atom. The van der Waals surface area contributed by atoms with Crippen molar-refractivity contribution in [1.29, 1.82) is 0 Å². The number of hydrogen-bond donors (Lipinski definition) is 1. The number of nitrogens with zero attached hydrogens (tertiary/aromatic N) is 1. The molecule has 30 radical (unpaired) electrons. The van der Waals surface area contributed by atoms with E-state index in [1.165, 1.54) is 33.3 Å². The fourth-order valence-corrected chi connectivity index (χ4v) is 10.7. The third-order valence-corrected chi connectivity index (χ3v) is 14.0. The standard InChI is InChI=1S/C35H33FN2O2.B28/c1-3-22-8-10-23(11-9-22)21-40-33-20-28-25(18-32(33)39-2)16-17-38-31(28)19-29-27-6-4-5-7-30(27)37-34(29)35(38)24-12-14-26(36)15-13-24;1-16(2)23(15)27(24(17(3)4)18(5)6)28(25(19(7)8)20(9)10)26(21(11)12)22(13)14/h4-15,18,20,31,35,37H,3,16-17,19,21H2,1-2H3;. The third kappa shape index (κ3) is 12.3. The van der Waals surface area contributed by atoms with Crippen molar-refractivity contribution in [3.05, 3.63) is 130 Å². The minimum atomic E-state index is -1.03. The molecule has 33 heteroatoms. The van der Waals surface area contributed by atoms with Crippen LogP contribution in [0.3, 0.4) is 0 Å². The van der Waals surface area contributed by atoms with E-state index >= 15 is 0 Å². The van der Waals surface area contributed by atoms with E-state index in [9.17, 15) is 4.39 Å². The van der Waals surface area contributed by atoms with Crippen LogP contribution in [0.1, 0.15) is 58.1 Å². The van der Waals surface area contributed by atoms with Crippen LogP contribution in [0.2, 0.25) is 0 Å². The second-order valence-corrected chi connectivity index (χ2v) is 18.4. The van der Waals surface area contributed by atoms with Gasteiger partial charge in [-0.3, -0.25) is 4.90 Å². The van der Waals surface area contributed by atoms with Gasteiger partial charge in [0, 0.05) is 228 Å². The van der Waals surface area contributed by atoms with E-state index in [4.69, 9.17) is 126 Å². The first-order valence-corrected chi connectivity index (χ1v) is 23.1. The molecule has 0 spiro atoms. The molecule has 1 N–H and O–H groups in total. The van der Waals surface area contributed by atoms with Crippen molar-refractivity contribution in [1.82, 2.24) is 9.88 Å². The molecular formula is C35H33B28FN2O2. The lowest BCUT2D eigenvalue weighted by Gasteiger charge is -2.49. The molecule has 286 valence electrons. The van der Waals surface area contributed by atoms with Crippen molar-refractivity contribution in [2.75, 3.05) is 13.7 Å². The number of rotatable bonds is 18. The Morgan fingerprint density at radius 3 is 1.71 bits per heavy atom. The van der Waals surface area contributed by atoms with Gasteiger partial charge in [0.2, 0.25) is 0 Å². The number of para-hydroxylation sites is 1. The van der Waals surface area contributed by atoms with Gasteiger partial charge in [0.1, 0.15) is 12.4 Å². The zero-order valence-electron chi connectivity index (χ0n) is 39.1. The first-order chi connectivity index (χ1) is 32.3. The molecule has 2 unspecified atom stereocenters. The zero-order chi connectivity index (χ0) is 49.7. The van der Waals surface area contributed by atoms with Crippen molar-refractivity contribution in [3.8, 4) is 11.5 Å². The van der Waals surface area contributed by atoms with E-state index in [-0.39, 0.29) is 17.9 Å². The number of H-pyrrole nitrogens is 1. The van der Waals surface area contributed by atoms with Gasteiger partial charge in [-0.05, 0) is 83.0 Å². The maximum Gasteiger partial charge on any atom is 0.162 e. The van der Waals surface area contributed by atoms with E-state index in [0.717, 1.165) is 53.9 Å². The maximum atomic E-state index is 13.9. The maximum absolute atomic E-state index is 13.9. The molecule has 0 amide bonds. The summed E-state index contributed by atoms with van der Waals surface area (Å²) in [5, 5.41) is 1.26. The first-order valence-electron chi connectivity index (χ1n) is 23.1. The van der Waals surface area contributed by atoms with Crippen LogP contribution >= 0.6 is 0 Å². The quantitative estimate of drug-likeness (QED) is 0.0962. The average Bonchev–Trinajstić information content (AvgIpc) is 3.66. The smallest absolute Gasteiger partial charge is 0.162 e. The molecule has 2 atom stereocenters. The average molecular weight is 835 g/mol. The summed E-state index contributed by atoms with van der Waals surface area (Å²) < 4.78 is 26.1. The SMILES string of the molecule is CCc1ccc(COc2cc3c(cc2OC)CCN2C3Cc3c([nH]c4ccccc34)C2c2ccc(F)cc2)cc1.[B]B([B])B([B])B(B(B([B])[B])B([B])[B])B(B(B([B])[B])B([B])[B])B(B([B])[B])B([B])[B]. The Bertz CT molecular complexity index is 2350. The van der Waals surface area contributed by atoms with Crippen molar-refractivity contribution in [3.63, 3.8) is 0 Å². The summed E-state index contributed by atoms with van der Waals surface area (Å²) >= 11 is 0. The Morgan fingerprint density at radius 1 is 0.632 bits per heavy atom. The Hall–Kier alpha value is -2.27. The lowest BCUT2D eigenvalue weighted by atomic mass is 8.32. The van der Waals surface area contributed by atoms with E-state index in [0.29, 0.717) is 6.61 Å². The molecule has 4 nitrogen and oxygen atoms in total. The van der Waals surface area contributed by atoms with Crippen LogP contribution in [0.15, 0.2) is 84.9 Å².